The van der Waals surface area contributed by atoms with Gasteiger partial charge in [-0.1, -0.05) is 25.4 Å². The van der Waals surface area contributed by atoms with Crippen LogP contribution in [0.3, 0.4) is 0 Å². The van der Waals surface area contributed by atoms with E-state index in [0.717, 1.165) is 6.42 Å². The highest BCUT2D eigenvalue weighted by atomic mass is 35.5. The number of carbonyl (C=O) groups excluding carboxylic acids is 1. The number of nitrogens with one attached hydrogen (secondary N) is 1. The Hall–Kier alpha value is -1.03. The predicted octanol–water partition coefficient (Wildman–Crippen LogP) is 2.40. The molecule has 1 rings (SSSR count). The number of aromatic nitrogens is 2. The zero-order valence-corrected chi connectivity index (χ0v) is 10.7. The molecule has 0 aromatic carbocycles. The van der Waals surface area contributed by atoms with Gasteiger partial charge in [0.25, 0.3) is 0 Å². The molecule has 0 saturated heterocycles. The van der Waals surface area contributed by atoms with Crippen molar-refractivity contribution >= 4 is 17.5 Å². The lowest BCUT2D eigenvalue weighted by atomic mass is 10.2. The summed E-state index contributed by atoms with van der Waals surface area (Å²) in [5.41, 5.74) is 0. The Labute approximate surface area is 101 Å². The first-order valence-corrected chi connectivity index (χ1v) is 5.96. The molecule has 0 aliphatic carbocycles. The molecule has 0 saturated carbocycles. The molecule has 5 heteroatoms. The fourth-order valence-electron chi connectivity index (χ4n) is 1.42. The molecule has 2 unspecified atom stereocenters. The van der Waals surface area contributed by atoms with Gasteiger partial charge < -0.3 is 5.32 Å². The normalized spacial score (nSPS) is 14.5. The first-order valence-electron chi connectivity index (χ1n) is 5.58. The van der Waals surface area contributed by atoms with Crippen LogP contribution in [0.4, 0.5) is 0 Å². The van der Waals surface area contributed by atoms with Crippen molar-refractivity contribution in [1.29, 1.82) is 0 Å². The average molecular weight is 244 g/mol. The van der Waals surface area contributed by atoms with Crippen molar-refractivity contribution in [2.24, 2.45) is 0 Å². The summed E-state index contributed by atoms with van der Waals surface area (Å²) >= 11 is 5.78. The molecule has 4 nitrogen and oxygen atoms in total. The van der Waals surface area contributed by atoms with Gasteiger partial charge in [-0.15, -0.1) is 0 Å². The SMILES string of the molecule is CCC(C)NC(=O)C(CC)n1cc(Cl)cn1. The van der Waals surface area contributed by atoms with Gasteiger partial charge in [-0.2, -0.15) is 5.10 Å². The summed E-state index contributed by atoms with van der Waals surface area (Å²) in [7, 11) is 0. The highest BCUT2D eigenvalue weighted by molar-refractivity contribution is 6.30. The van der Waals surface area contributed by atoms with Crippen LogP contribution < -0.4 is 5.32 Å². The lowest BCUT2D eigenvalue weighted by Crippen LogP contribution is -2.38. The number of nitrogens with zero attached hydrogens (tertiary/aromatic N) is 2. The lowest BCUT2D eigenvalue weighted by molar-refractivity contribution is -0.125. The molecule has 0 aliphatic heterocycles. The van der Waals surface area contributed by atoms with E-state index in [1.54, 1.807) is 17.1 Å². The second-order valence-corrected chi connectivity index (χ2v) is 4.32. The van der Waals surface area contributed by atoms with Crippen molar-refractivity contribution in [1.82, 2.24) is 15.1 Å². The maximum Gasteiger partial charge on any atom is 0.245 e. The van der Waals surface area contributed by atoms with Gasteiger partial charge in [0, 0.05) is 12.2 Å². The van der Waals surface area contributed by atoms with Gasteiger partial charge in [0.2, 0.25) is 5.91 Å². The molecule has 0 bridgehead atoms. The first-order chi connectivity index (χ1) is 7.58. The van der Waals surface area contributed by atoms with Crippen LogP contribution in [-0.4, -0.2) is 21.7 Å². The summed E-state index contributed by atoms with van der Waals surface area (Å²) in [6.07, 6.45) is 4.83. The summed E-state index contributed by atoms with van der Waals surface area (Å²) in [5, 5.41) is 7.56. The van der Waals surface area contributed by atoms with Crippen molar-refractivity contribution < 1.29 is 4.79 Å². The maximum atomic E-state index is 11.9. The third-order valence-electron chi connectivity index (χ3n) is 2.58. The van der Waals surface area contributed by atoms with E-state index in [9.17, 15) is 4.79 Å². The Bertz CT molecular complexity index is 351. The number of hydrogen-bond acceptors (Lipinski definition) is 2. The zero-order chi connectivity index (χ0) is 12.1. The maximum absolute atomic E-state index is 11.9. The summed E-state index contributed by atoms with van der Waals surface area (Å²) in [4.78, 5) is 11.9. The molecular formula is C11H18ClN3O. The summed E-state index contributed by atoms with van der Waals surface area (Å²) in [5.74, 6) is -0.00313. The highest BCUT2D eigenvalue weighted by Gasteiger charge is 2.20. The van der Waals surface area contributed by atoms with Crippen LogP contribution >= 0.6 is 11.6 Å². The van der Waals surface area contributed by atoms with Crippen molar-refractivity contribution in [2.45, 2.75) is 45.7 Å². The van der Waals surface area contributed by atoms with Crippen LogP contribution in [-0.2, 0) is 4.79 Å². The van der Waals surface area contributed by atoms with Gasteiger partial charge >= 0.3 is 0 Å². The minimum absolute atomic E-state index is 0.00313. The van der Waals surface area contributed by atoms with Crippen LogP contribution in [0, 0.1) is 0 Å². The summed E-state index contributed by atoms with van der Waals surface area (Å²) < 4.78 is 1.61. The first kappa shape index (κ1) is 13.0. The topological polar surface area (TPSA) is 46.9 Å². The second-order valence-electron chi connectivity index (χ2n) is 3.88. The molecule has 2 atom stereocenters. The fourth-order valence-corrected chi connectivity index (χ4v) is 1.56. The van der Waals surface area contributed by atoms with Crippen LogP contribution in [0.1, 0.15) is 39.7 Å². The van der Waals surface area contributed by atoms with Crippen LogP contribution in [0.5, 0.6) is 0 Å². The fraction of sp³-hybridized carbons (Fsp3) is 0.636. The van der Waals surface area contributed by atoms with Crippen LogP contribution in [0.25, 0.3) is 0 Å². The van der Waals surface area contributed by atoms with E-state index in [1.807, 2.05) is 20.8 Å². The van der Waals surface area contributed by atoms with E-state index < -0.39 is 0 Å². The molecule has 1 aromatic heterocycles. The lowest BCUT2D eigenvalue weighted by Gasteiger charge is -2.18. The van der Waals surface area contributed by atoms with Crippen LogP contribution in [0.15, 0.2) is 12.4 Å². The van der Waals surface area contributed by atoms with Gasteiger partial charge in [-0.25, -0.2) is 0 Å². The van der Waals surface area contributed by atoms with E-state index >= 15 is 0 Å². The molecule has 1 heterocycles. The van der Waals surface area contributed by atoms with Crippen molar-refractivity contribution in [3.8, 4) is 0 Å². The quantitative estimate of drug-likeness (QED) is 0.863. The minimum Gasteiger partial charge on any atom is -0.352 e. The van der Waals surface area contributed by atoms with Gasteiger partial charge in [-0.3, -0.25) is 9.48 Å². The van der Waals surface area contributed by atoms with E-state index in [2.05, 4.69) is 10.4 Å². The Morgan fingerprint density at radius 3 is 2.69 bits per heavy atom. The molecular weight excluding hydrogens is 226 g/mol. The Morgan fingerprint density at radius 1 is 1.56 bits per heavy atom. The third kappa shape index (κ3) is 3.23. The highest BCUT2D eigenvalue weighted by Crippen LogP contribution is 2.14. The molecule has 0 radical (unpaired) electrons. The summed E-state index contributed by atoms with van der Waals surface area (Å²) in [6.45, 7) is 5.98. The van der Waals surface area contributed by atoms with E-state index in [0.29, 0.717) is 11.4 Å². The number of hydrogen-bond donors (Lipinski definition) is 1. The zero-order valence-electron chi connectivity index (χ0n) is 9.90. The number of carbonyl (C=O) groups is 1. The number of halogens is 1. The molecule has 1 N–H and O–H groups in total. The Kier molecular flexibility index (Phi) is 4.80. The predicted molar refractivity (Wildman–Crippen MR) is 64.5 cm³/mol. The van der Waals surface area contributed by atoms with Gasteiger partial charge in [-0.05, 0) is 19.8 Å². The molecule has 90 valence electrons. The van der Waals surface area contributed by atoms with E-state index in [1.165, 1.54) is 0 Å². The largest absolute Gasteiger partial charge is 0.352 e. The summed E-state index contributed by atoms with van der Waals surface area (Å²) in [6, 6.07) is -0.0888. The van der Waals surface area contributed by atoms with Gasteiger partial charge in [0.1, 0.15) is 6.04 Å². The Balaban J connectivity index is 2.71. The molecule has 0 aliphatic rings. The molecule has 0 fully saturated rings. The third-order valence-corrected chi connectivity index (χ3v) is 2.77. The smallest absolute Gasteiger partial charge is 0.245 e. The number of amides is 1. The molecule has 16 heavy (non-hydrogen) atoms. The van der Waals surface area contributed by atoms with Gasteiger partial charge in [0.05, 0.1) is 11.2 Å². The molecule has 0 spiro atoms. The van der Waals surface area contributed by atoms with E-state index in [4.69, 9.17) is 11.6 Å². The molecule has 1 amide bonds. The Morgan fingerprint density at radius 2 is 2.25 bits per heavy atom. The monoisotopic (exact) mass is 243 g/mol. The second kappa shape index (κ2) is 5.89. The standard InChI is InChI=1S/C11H18ClN3O/c1-4-8(3)14-11(16)10(5-2)15-7-9(12)6-13-15/h6-8,10H,4-5H2,1-3H3,(H,14,16). The number of rotatable bonds is 5. The van der Waals surface area contributed by atoms with Crippen molar-refractivity contribution in [2.75, 3.05) is 0 Å². The minimum atomic E-state index is -0.276. The van der Waals surface area contributed by atoms with E-state index in [-0.39, 0.29) is 18.0 Å². The van der Waals surface area contributed by atoms with Gasteiger partial charge in [0.15, 0.2) is 0 Å². The molecule has 1 aromatic rings. The average Bonchev–Trinajstić information content (AvgIpc) is 2.65. The van der Waals surface area contributed by atoms with Crippen LogP contribution in [0.2, 0.25) is 5.02 Å². The van der Waals surface area contributed by atoms with Crippen molar-refractivity contribution in [3.63, 3.8) is 0 Å². The van der Waals surface area contributed by atoms with Crippen molar-refractivity contribution in [3.05, 3.63) is 17.4 Å².